The van der Waals surface area contributed by atoms with Crippen LogP contribution in [-0.2, 0) is 9.53 Å². The van der Waals surface area contributed by atoms with Gasteiger partial charge in [-0.25, -0.2) is 9.79 Å². The van der Waals surface area contributed by atoms with E-state index in [1.165, 1.54) is 11.3 Å². The van der Waals surface area contributed by atoms with Crippen LogP contribution in [0.15, 0.2) is 81.7 Å². The van der Waals surface area contributed by atoms with Gasteiger partial charge in [0.25, 0.3) is 5.56 Å². The van der Waals surface area contributed by atoms with E-state index in [1.54, 1.807) is 37.7 Å². The van der Waals surface area contributed by atoms with Crippen LogP contribution in [0.2, 0.25) is 5.02 Å². The normalized spacial score (nSPS) is 15.6. The number of rotatable bonds is 5. The van der Waals surface area contributed by atoms with Crippen molar-refractivity contribution in [1.82, 2.24) is 4.57 Å². The van der Waals surface area contributed by atoms with Crippen LogP contribution < -0.4 is 19.6 Å². The van der Waals surface area contributed by atoms with Crippen molar-refractivity contribution in [3.8, 4) is 5.75 Å². The standard InChI is InChI=1S/C28H23ClN2O4S/c1-4-35-27(33)24-16(2)30-28-31(26(32)23(36-28)15-17-9-11-18(29)12-10-17)25(24)21-13-14-22(34-3)20-8-6-5-7-19(20)21/h5-15,25H,4H2,1-3H3/b23-15+. The number of hydrogen-bond donors (Lipinski definition) is 0. The summed E-state index contributed by atoms with van der Waals surface area (Å²) in [6.45, 7) is 3.75. The largest absolute Gasteiger partial charge is 0.496 e. The molecular weight excluding hydrogens is 496 g/mol. The quantitative estimate of drug-likeness (QED) is 0.362. The molecule has 0 N–H and O–H groups in total. The highest BCUT2D eigenvalue weighted by Crippen LogP contribution is 2.37. The van der Waals surface area contributed by atoms with E-state index in [0.717, 1.165) is 21.9 Å². The molecule has 8 heteroatoms. The third-order valence-corrected chi connectivity index (χ3v) is 7.35. The number of hydrogen-bond acceptors (Lipinski definition) is 6. The summed E-state index contributed by atoms with van der Waals surface area (Å²) in [5.41, 5.74) is 2.28. The Kier molecular flexibility index (Phi) is 6.51. The fraction of sp³-hybridized carbons (Fsp3) is 0.179. The first-order valence-corrected chi connectivity index (χ1v) is 12.6. The van der Waals surface area contributed by atoms with Gasteiger partial charge in [-0.3, -0.25) is 9.36 Å². The Morgan fingerprint density at radius 1 is 1.11 bits per heavy atom. The first kappa shape index (κ1) is 24.0. The molecule has 182 valence electrons. The second-order valence-corrected chi connectivity index (χ2v) is 9.70. The van der Waals surface area contributed by atoms with Crippen LogP contribution in [0.25, 0.3) is 16.8 Å². The molecule has 0 spiro atoms. The number of carbonyl (C=O) groups excluding carboxylic acids is 1. The van der Waals surface area contributed by atoms with E-state index in [-0.39, 0.29) is 12.2 Å². The van der Waals surface area contributed by atoms with Crippen molar-refractivity contribution in [2.24, 2.45) is 4.99 Å². The monoisotopic (exact) mass is 518 g/mol. The van der Waals surface area contributed by atoms with Crippen LogP contribution in [0.1, 0.15) is 31.0 Å². The second-order valence-electron chi connectivity index (χ2n) is 8.26. The third-order valence-electron chi connectivity index (χ3n) is 6.12. The van der Waals surface area contributed by atoms with Gasteiger partial charge in [-0.2, -0.15) is 0 Å². The van der Waals surface area contributed by atoms with Crippen molar-refractivity contribution in [1.29, 1.82) is 0 Å². The number of ether oxygens (including phenoxy) is 2. The van der Waals surface area contributed by atoms with E-state index >= 15 is 0 Å². The lowest BCUT2D eigenvalue weighted by Gasteiger charge is -2.26. The lowest BCUT2D eigenvalue weighted by atomic mass is 9.91. The lowest BCUT2D eigenvalue weighted by Crippen LogP contribution is -2.40. The van der Waals surface area contributed by atoms with Crippen LogP contribution in [0.4, 0.5) is 0 Å². The van der Waals surface area contributed by atoms with Gasteiger partial charge in [0.2, 0.25) is 0 Å². The number of allylic oxidation sites excluding steroid dienone is 1. The Labute approximate surface area is 216 Å². The van der Waals surface area contributed by atoms with Gasteiger partial charge >= 0.3 is 5.97 Å². The molecule has 6 nitrogen and oxygen atoms in total. The summed E-state index contributed by atoms with van der Waals surface area (Å²) in [7, 11) is 1.62. The van der Waals surface area contributed by atoms with Crippen LogP contribution in [0.3, 0.4) is 0 Å². The predicted octanol–water partition coefficient (Wildman–Crippen LogP) is 4.61. The minimum atomic E-state index is -0.705. The Morgan fingerprint density at radius 2 is 1.83 bits per heavy atom. The first-order chi connectivity index (χ1) is 17.4. The smallest absolute Gasteiger partial charge is 0.338 e. The molecule has 36 heavy (non-hydrogen) atoms. The van der Waals surface area contributed by atoms with Crippen LogP contribution in [-0.4, -0.2) is 24.3 Å². The van der Waals surface area contributed by atoms with Gasteiger partial charge in [-0.15, -0.1) is 0 Å². The zero-order valence-corrected chi connectivity index (χ0v) is 21.5. The number of nitrogens with zero attached hydrogens (tertiary/aromatic N) is 2. The van der Waals surface area contributed by atoms with Gasteiger partial charge in [0.15, 0.2) is 4.80 Å². The number of esters is 1. The second kappa shape index (κ2) is 9.76. The summed E-state index contributed by atoms with van der Waals surface area (Å²) in [6, 6.07) is 18.1. The zero-order chi connectivity index (χ0) is 25.4. The molecule has 0 radical (unpaired) electrons. The highest BCUT2D eigenvalue weighted by Gasteiger charge is 2.34. The minimum absolute atomic E-state index is 0.215. The van der Waals surface area contributed by atoms with Crippen molar-refractivity contribution in [3.05, 3.63) is 108 Å². The molecule has 5 rings (SSSR count). The van der Waals surface area contributed by atoms with Crippen molar-refractivity contribution in [3.63, 3.8) is 0 Å². The molecule has 4 aromatic rings. The fourth-order valence-electron chi connectivity index (χ4n) is 4.51. The van der Waals surface area contributed by atoms with Gasteiger partial charge in [0.1, 0.15) is 5.75 Å². The van der Waals surface area contributed by atoms with Crippen LogP contribution in [0, 0.1) is 0 Å². The summed E-state index contributed by atoms with van der Waals surface area (Å²) >= 11 is 7.31. The minimum Gasteiger partial charge on any atom is -0.496 e. The number of methoxy groups -OCH3 is 1. The van der Waals surface area contributed by atoms with Gasteiger partial charge < -0.3 is 9.47 Å². The zero-order valence-electron chi connectivity index (χ0n) is 19.9. The van der Waals surface area contributed by atoms with Crippen molar-refractivity contribution < 1.29 is 14.3 Å². The molecule has 0 amide bonds. The average Bonchev–Trinajstić information content (AvgIpc) is 3.18. The highest BCUT2D eigenvalue weighted by atomic mass is 35.5. The maximum absolute atomic E-state index is 13.8. The van der Waals surface area contributed by atoms with Gasteiger partial charge in [-0.1, -0.05) is 65.4 Å². The number of benzene rings is 3. The van der Waals surface area contributed by atoms with Crippen molar-refractivity contribution in [2.45, 2.75) is 19.9 Å². The van der Waals surface area contributed by atoms with E-state index in [4.69, 9.17) is 21.1 Å². The molecule has 1 aliphatic rings. The Hall–Kier alpha value is -3.68. The van der Waals surface area contributed by atoms with E-state index in [0.29, 0.717) is 31.4 Å². The summed E-state index contributed by atoms with van der Waals surface area (Å²) < 4.78 is 13.1. The summed E-state index contributed by atoms with van der Waals surface area (Å²) in [5, 5.41) is 2.39. The van der Waals surface area contributed by atoms with E-state index in [1.807, 2.05) is 54.6 Å². The van der Waals surface area contributed by atoms with Crippen LogP contribution >= 0.6 is 22.9 Å². The topological polar surface area (TPSA) is 69.9 Å². The van der Waals surface area contributed by atoms with Gasteiger partial charge in [-0.05, 0) is 54.6 Å². The van der Waals surface area contributed by atoms with E-state index < -0.39 is 12.0 Å². The van der Waals surface area contributed by atoms with Gasteiger partial charge in [0, 0.05) is 10.4 Å². The maximum atomic E-state index is 13.8. The SMILES string of the molecule is CCOC(=O)C1=C(C)N=c2s/c(=C/c3ccc(Cl)cc3)c(=O)n2C1c1ccc(OC)c2ccccc12. The number of halogens is 1. The van der Waals surface area contributed by atoms with E-state index in [2.05, 4.69) is 4.99 Å². The fourth-order valence-corrected chi connectivity index (χ4v) is 5.68. The Balaban J connectivity index is 1.81. The predicted molar refractivity (Wildman–Crippen MR) is 142 cm³/mol. The summed E-state index contributed by atoms with van der Waals surface area (Å²) in [4.78, 5) is 32.2. The molecule has 0 saturated heterocycles. The molecule has 3 aromatic carbocycles. The Bertz CT molecular complexity index is 1700. The molecule has 0 bridgehead atoms. The highest BCUT2D eigenvalue weighted by molar-refractivity contribution is 7.07. The number of aromatic nitrogens is 1. The lowest BCUT2D eigenvalue weighted by molar-refractivity contribution is -0.139. The summed E-state index contributed by atoms with van der Waals surface area (Å²) in [5.74, 6) is 0.221. The molecule has 1 unspecified atom stereocenters. The first-order valence-electron chi connectivity index (χ1n) is 11.4. The molecule has 0 aliphatic carbocycles. The molecule has 0 fully saturated rings. The molecule has 2 heterocycles. The molecular formula is C28H23ClN2O4S. The van der Waals surface area contributed by atoms with Crippen molar-refractivity contribution in [2.75, 3.05) is 13.7 Å². The van der Waals surface area contributed by atoms with Gasteiger partial charge in [0.05, 0.1) is 35.6 Å². The van der Waals surface area contributed by atoms with E-state index in [9.17, 15) is 9.59 Å². The molecule has 1 aromatic heterocycles. The summed E-state index contributed by atoms with van der Waals surface area (Å²) in [6.07, 6.45) is 1.81. The van der Waals surface area contributed by atoms with Crippen molar-refractivity contribution >= 4 is 45.8 Å². The number of carbonyl (C=O) groups is 1. The third kappa shape index (κ3) is 4.14. The Morgan fingerprint density at radius 3 is 2.53 bits per heavy atom. The number of fused-ring (bicyclic) bond motifs is 2. The average molecular weight is 519 g/mol. The maximum Gasteiger partial charge on any atom is 0.338 e. The molecule has 0 saturated carbocycles. The van der Waals surface area contributed by atoms with Crippen LogP contribution in [0.5, 0.6) is 5.75 Å². The molecule has 1 aliphatic heterocycles. The molecule has 1 atom stereocenters. The number of thiazole rings is 1.